The molecule has 102 valence electrons. The van der Waals surface area contributed by atoms with Crippen LogP contribution in [0.4, 0.5) is 0 Å². The Kier molecular flexibility index (Phi) is 4.16. The third-order valence-corrected chi connectivity index (χ3v) is 3.31. The highest BCUT2D eigenvalue weighted by atomic mass is 15.1. The number of amidine groups is 1. The van der Waals surface area contributed by atoms with Crippen molar-refractivity contribution in [1.29, 1.82) is 5.41 Å². The first-order valence-corrected chi connectivity index (χ1v) is 6.59. The second kappa shape index (κ2) is 5.84. The van der Waals surface area contributed by atoms with Crippen molar-refractivity contribution < 1.29 is 0 Å². The Bertz CT molecular complexity index is 527. The van der Waals surface area contributed by atoms with Gasteiger partial charge in [-0.15, -0.1) is 0 Å². The van der Waals surface area contributed by atoms with Crippen LogP contribution in [0.1, 0.15) is 19.5 Å². The van der Waals surface area contributed by atoms with Gasteiger partial charge in [0.05, 0.1) is 11.5 Å². The van der Waals surface area contributed by atoms with Gasteiger partial charge in [-0.1, -0.05) is 19.9 Å². The summed E-state index contributed by atoms with van der Waals surface area (Å²) in [5.41, 5.74) is 7.54. The first kappa shape index (κ1) is 13.5. The second-order valence-electron chi connectivity index (χ2n) is 4.88. The minimum absolute atomic E-state index is 0.0805. The highest BCUT2D eigenvalue weighted by Crippen LogP contribution is 2.09. The lowest BCUT2D eigenvalue weighted by Crippen LogP contribution is -2.34. The molecule has 2 aromatic heterocycles. The van der Waals surface area contributed by atoms with Crippen LogP contribution in [0.2, 0.25) is 0 Å². The van der Waals surface area contributed by atoms with Crippen molar-refractivity contribution >= 4 is 11.5 Å². The normalized spacial score (nSPS) is 13.0. The number of fused-ring (bicyclic) bond motifs is 1. The van der Waals surface area contributed by atoms with Crippen molar-refractivity contribution in [2.24, 2.45) is 11.7 Å². The predicted octanol–water partition coefficient (Wildman–Crippen LogP) is 1.73. The smallest absolute Gasteiger partial charge is 0.137 e. The van der Waals surface area contributed by atoms with Crippen LogP contribution in [0.25, 0.3) is 5.65 Å². The van der Waals surface area contributed by atoms with E-state index in [1.165, 1.54) is 0 Å². The summed E-state index contributed by atoms with van der Waals surface area (Å²) in [4.78, 5) is 6.85. The average Bonchev–Trinajstić information content (AvgIpc) is 2.79. The molecule has 0 radical (unpaired) electrons. The van der Waals surface area contributed by atoms with Gasteiger partial charge in [0.15, 0.2) is 0 Å². The van der Waals surface area contributed by atoms with Crippen molar-refractivity contribution in [2.45, 2.75) is 20.4 Å². The quantitative estimate of drug-likeness (QED) is 0.613. The number of nitrogens with two attached hydrogens (primary N) is 1. The molecule has 0 aliphatic carbocycles. The zero-order valence-corrected chi connectivity index (χ0v) is 11.5. The molecule has 5 heteroatoms. The molecule has 19 heavy (non-hydrogen) atoms. The molecule has 0 aromatic carbocycles. The Labute approximate surface area is 113 Å². The van der Waals surface area contributed by atoms with E-state index in [1.54, 1.807) is 0 Å². The van der Waals surface area contributed by atoms with E-state index >= 15 is 0 Å². The summed E-state index contributed by atoms with van der Waals surface area (Å²) >= 11 is 0. The van der Waals surface area contributed by atoms with Crippen molar-refractivity contribution in [3.8, 4) is 0 Å². The zero-order valence-electron chi connectivity index (χ0n) is 11.5. The van der Waals surface area contributed by atoms with E-state index in [4.69, 9.17) is 11.1 Å². The summed E-state index contributed by atoms with van der Waals surface area (Å²) < 4.78 is 2.03. The lowest BCUT2D eigenvalue weighted by atomic mass is 10.1. The number of rotatable bonds is 6. The molecule has 1 atom stereocenters. The number of nitrogens with one attached hydrogen (secondary N) is 1. The van der Waals surface area contributed by atoms with Gasteiger partial charge < -0.3 is 10.1 Å². The van der Waals surface area contributed by atoms with Gasteiger partial charge in [-0.05, 0) is 18.7 Å². The molecule has 2 rings (SSSR count). The minimum atomic E-state index is 0.0805. The topological polar surface area (TPSA) is 70.4 Å². The maximum absolute atomic E-state index is 7.47. The number of nitrogens with zero attached hydrogens (tertiary/aromatic N) is 3. The summed E-state index contributed by atoms with van der Waals surface area (Å²) in [6.45, 7) is 6.60. The van der Waals surface area contributed by atoms with Gasteiger partial charge in [0.2, 0.25) is 0 Å². The van der Waals surface area contributed by atoms with Crippen LogP contribution in [0.15, 0.2) is 30.6 Å². The largest absolute Gasteiger partial charge is 0.387 e. The predicted molar refractivity (Wildman–Crippen MR) is 77.2 cm³/mol. The Hall–Kier alpha value is -1.88. The number of aromatic nitrogens is 2. The number of hydrogen-bond acceptors (Lipinski definition) is 3. The van der Waals surface area contributed by atoms with Crippen LogP contribution >= 0.6 is 0 Å². The highest BCUT2D eigenvalue weighted by molar-refractivity contribution is 5.79. The lowest BCUT2D eigenvalue weighted by Gasteiger charge is -2.22. The molecule has 5 nitrogen and oxygen atoms in total. The van der Waals surface area contributed by atoms with Gasteiger partial charge in [-0.25, -0.2) is 4.98 Å². The van der Waals surface area contributed by atoms with Crippen LogP contribution in [-0.4, -0.2) is 33.2 Å². The van der Waals surface area contributed by atoms with E-state index in [-0.39, 0.29) is 11.8 Å². The van der Waals surface area contributed by atoms with Crippen molar-refractivity contribution in [3.05, 3.63) is 36.3 Å². The van der Waals surface area contributed by atoms with E-state index in [0.29, 0.717) is 0 Å². The maximum atomic E-state index is 7.47. The van der Waals surface area contributed by atoms with Gasteiger partial charge in [0.1, 0.15) is 5.65 Å². The Morgan fingerprint density at radius 1 is 1.53 bits per heavy atom. The molecule has 0 saturated carbocycles. The Balaban J connectivity index is 2.07. The highest BCUT2D eigenvalue weighted by Gasteiger charge is 2.12. The molecule has 3 N–H and O–H groups in total. The van der Waals surface area contributed by atoms with Crippen molar-refractivity contribution in [3.63, 3.8) is 0 Å². The van der Waals surface area contributed by atoms with Crippen molar-refractivity contribution in [1.82, 2.24) is 14.3 Å². The summed E-state index contributed by atoms with van der Waals surface area (Å²) in [5.74, 6) is 0.324. The maximum Gasteiger partial charge on any atom is 0.137 e. The van der Waals surface area contributed by atoms with Gasteiger partial charge >= 0.3 is 0 Å². The number of hydrogen-bond donors (Lipinski definition) is 2. The first-order chi connectivity index (χ1) is 9.10. The van der Waals surface area contributed by atoms with Crippen LogP contribution in [0.3, 0.4) is 0 Å². The van der Waals surface area contributed by atoms with Gasteiger partial charge in [0.25, 0.3) is 0 Å². The molecule has 0 aliphatic rings. The Morgan fingerprint density at radius 3 is 2.95 bits per heavy atom. The molecule has 2 aromatic rings. The number of pyridine rings is 1. The molecule has 2 heterocycles. The van der Waals surface area contributed by atoms with Gasteiger partial charge in [0, 0.05) is 31.4 Å². The number of imidazole rings is 1. The van der Waals surface area contributed by atoms with Crippen LogP contribution in [0.5, 0.6) is 0 Å². The van der Waals surface area contributed by atoms with E-state index < -0.39 is 0 Å². The fourth-order valence-electron chi connectivity index (χ4n) is 2.08. The second-order valence-corrected chi connectivity index (χ2v) is 4.88. The molecule has 0 fully saturated rings. The zero-order chi connectivity index (χ0) is 13.8. The standard InChI is InChI=1S/C14H21N5/c1-3-18(8-11(2)14(15)16)9-12-10-19-7-5-4-6-13(19)17-12/h4-7,10-11H,3,8-9H2,1-2H3,(H3,15,16). The van der Waals surface area contributed by atoms with Crippen LogP contribution in [-0.2, 0) is 6.54 Å². The first-order valence-electron chi connectivity index (χ1n) is 6.59. The summed E-state index contributed by atoms with van der Waals surface area (Å²) in [7, 11) is 0. The van der Waals surface area contributed by atoms with Crippen molar-refractivity contribution in [2.75, 3.05) is 13.1 Å². The van der Waals surface area contributed by atoms with E-state index in [9.17, 15) is 0 Å². The van der Waals surface area contributed by atoms with E-state index in [0.717, 1.165) is 31.0 Å². The SMILES string of the molecule is CCN(Cc1cn2ccccc2n1)CC(C)C(=N)N. The third kappa shape index (κ3) is 3.32. The molecule has 0 aliphatic heterocycles. The molecule has 0 amide bonds. The molecule has 0 saturated heterocycles. The van der Waals surface area contributed by atoms with Gasteiger partial charge in [-0.3, -0.25) is 10.3 Å². The van der Waals surface area contributed by atoms with Crippen LogP contribution in [0, 0.1) is 11.3 Å². The summed E-state index contributed by atoms with van der Waals surface area (Å²) in [6, 6.07) is 5.98. The summed E-state index contributed by atoms with van der Waals surface area (Å²) in [6.07, 6.45) is 4.05. The average molecular weight is 259 g/mol. The molecule has 0 bridgehead atoms. The Morgan fingerprint density at radius 2 is 2.32 bits per heavy atom. The third-order valence-electron chi connectivity index (χ3n) is 3.31. The molecule has 0 spiro atoms. The van der Waals surface area contributed by atoms with E-state index in [1.807, 2.05) is 35.7 Å². The summed E-state index contributed by atoms with van der Waals surface area (Å²) in [5, 5.41) is 7.47. The van der Waals surface area contributed by atoms with Crippen LogP contribution < -0.4 is 5.73 Å². The van der Waals surface area contributed by atoms with E-state index in [2.05, 4.69) is 23.0 Å². The lowest BCUT2D eigenvalue weighted by molar-refractivity contribution is 0.260. The molecule has 1 unspecified atom stereocenters. The molecular formula is C14H21N5. The van der Waals surface area contributed by atoms with Gasteiger partial charge in [-0.2, -0.15) is 0 Å². The molecular weight excluding hydrogens is 238 g/mol. The minimum Gasteiger partial charge on any atom is -0.387 e. The monoisotopic (exact) mass is 259 g/mol. The fraction of sp³-hybridized carbons (Fsp3) is 0.429. The fourth-order valence-corrected chi connectivity index (χ4v) is 2.08.